The number of benzene rings is 1. The Morgan fingerprint density at radius 1 is 1.33 bits per heavy atom. The van der Waals surface area contributed by atoms with E-state index in [0.29, 0.717) is 30.5 Å². The maximum absolute atomic E-state index is 12.2. The fourth-order valence-corrected chi connectivity index (χ4v) is 4.12. The summed E-state index contributed by atoms with van der Waals surface area (Å²) in [5, 5.41) is 0.220. The Bertz CT molecular complexity index is 529. The average molecular weight is 355 g/mol. The van der Waals surface area contributed by atoms with Gasteiger partial charge in [-0.25, -0.2) is 13.1 Å². The van der Waals surface area contributed by atoms with Crippen LogP contribution in [0.25, 0.3) is 0 Å². The van der Waals surface area contributed by atoms with E-state index in [1.54, 1.807) is 12.1 Å². The second kappa shape index (κ2) is 5.88. The van der Waals surface area contributed by atoms with Crippen molar-refractivity contribution in [2.24, 2.45) is 0 Å². The first-order valence-corrected chi connectivity index (χ1v) is 8.19. The highest BCUT2D eigenvalue weighted by Crippen LogP contribution is 2.25. The van der Waals surface area contributed by atoms with Crippen molar-refractivity contribution in [1.29, 1.82) is 0 Å². The second-order valence-electron chi connectivity index (χ2n) is 4.08. The molecule has 18 heavy (non-hydrogen) atoms. The van der Waals surface area contributed by atoms with Crippen LogP contribution in [0.1, 0.15) is 12.8 Å². The van der Waals surface area contributed by atoms with Gasteiger partial charge in [-0.2, -0.15) is 0 Å². The minimum Gasteiger partial charge on any atom is -0.381 e. The molecule has 0 spiro atoms. The van der Waals surface area contributed by atoms with Crippen LogP contribution in [0.3, 0.4) is 0 Å². The summed E-state index contributed by atoms with van der Waals surface area (Å²) in [4.78, 5) is 0.102. The fraction of sp³-hybridized carbons (Fsp3) is 0.455. The highest BCUT2D eigenvalue weighted by molar-refractivity contribution is 9.10. The molecule has 1 heterocycles. The molecule has 0 amide bonds. The molecular weight excluding hydrogens is 342 g/mol. The van der Waals surface area contributed by atoms with Crippen molar-refractivity contribution in [3.63, 3.8) is 0 Å². The first kappa shape index (κ1) is 14.3. The minimum absolute atomic E-state index is 0.0844. The molecule has 1 saturated heterocycles. The number of halogens is 2. The van der Waals surface area contributed by atoms with E-state index < -0.39 is 10.0 Å². The molecule has 0 atom stereocenters. The number of hydrogen-bond acceptors (Lipinski definition) is 3. The lowest BCUT2D eigenvalue weighted by Gasteiger charge is -2.23. The number of ether oxygens (including phenoxy) is 1. The summed E-state index contributed by atoms with van der Waals surface area (Å²) < 4.78 is 33.0. The molecule has 100 valence electrons. The van der Waals surface area contributed by atoms with Crippen LogP contribution in [0.4, 0.5) is 0 Å². The zero-order chi connectivity index (χ0) is 13.2. The van der Waals surface area contributed by atoms with Crippen molar-refractivity contribution in [2.45, 2.75) is 23.8 Å². The summed E-state index contributed by atoms with van der Waals surface area (Å²) in [7, 11) is -3.58. The first-order valence-electron chi connectivity index (χ1n) is 5.54. The second-order valence-corrected chi connectivity index (χ2v) is 7.09. The molecule has 0 unspecified atom stereocenters. The Morgan fingerprint density at radius 2 is 2.00 bits per heavy atom. The zero-order valence-corrected chi connectivity index (χ0v) is 12.7. The van der Waals surface area contributed by atoms with Gasteiger partial charge < -0.3 is 4.74 Å². The molecule has 1 aliphatic rings. The molecule has 0 radical (unpaired) electrons. The van der Waals surface area contributed by atoms with Crippen LogP contribution in [0.5, 0.6) is 0 Å². The normalized spacial score (nSPS) is 17.9. The zero-order valence-electron chi connectivity index (χ0n) is 9.53. The molecule has 0 aromatic heterocycles. The Hall–Kier alpha value is -0.140. The standard InChI is InChI=1S/C11H13BrClNO3S/c12-8-1-2-10(13)11(7-8)18(15,16)14-9-3-5-17-6-4-9/h1-2,7,9,14H,3-6H2. The lowest BCUT2D eigenvalue weighted by atomic mass is 10.1. The summed E-state index contributed by atoms with van der Waals surface area (Å²) in [5.74, 6) is 0. The summed E-state index contributed by atoms with van der Waals surface area (Å²) >= 11 is 9.18. The van der Waals surface area contributed by atoms with Crippen LogP contribution in [0.2, 0.25) is 5.02 Å². The summed E-state index contributed by atoms with van der Waals surface area (Å²) in [6.07, 6.45) is 1.37. The van der Waals surface area contributed by atoms with Crippen molar-refractivity contribution in [2.75, 3.05) is 13.2 Å². The molecule has 2 rings (SSSR count). The molecule has 7 heteroatoms. The van der Waals surface area contributed by atoms with Crippen LogP contribution in [-0.2, 0) is 14.8 Å². The quantitative estimate of drug-likeness (QED) is 0.907. The smallest absolute Gasteiger partial charge is 0.242 e. The van der Waals surface area contributed by atoms with Crippen LogP contribution in [0.15, 0.2) is 27.6 Å². The highest BCUT2D eigenvalue weighted by Gasteiger charge is 2.24. The van der Waals surface area contributed by atoms with Gasteiger partial charge in [0.05, 0.1) is 5.02 Å². The molecular formula is C11H13BrClNO3S. The monoisotopic (exact) mass is 353 g/mol. The molecule has 1 fully saturated rings. The van der Waals surface area contributed by atoms with Gasteiger partial charge in [-0.15, -0.1) is 0 Å². The van der Waals surface area contributed by atoms with Crippen LogP contribution in [-0.4, -0.2) is 27.7 Å². The Morgan fingerprint density at radius 3 is 2.67 bits per heavy atom. The van der Waals surface area contributed by atoms with E-state index in [9.17, 15) is 8.42 Å². The van der Waals surface area contributed by atoms with E-state index in [4.69, 9.17) is 16.3 Å². The Balaban J connectivity index is 2.21. The van der Waals surface area contributed by atoms with E-state index in [1.165, 1.54) is 6.07 Å². The van der Waals surface area contributed by atoms with E-state index >= 15 is 0 Å². The van der Waals surface area contributed by atoms with Crippen molar-refractivity contribution in [3.05, 3.63) is 27.7 Å². The lowest BCUT2D eigenvalue weighted by Crippen LogP contribution is -2.38. The van der Waals surface area contributed by atoms with E-state index in [-0.39, 0.29) is 16.0 Å². The third-order valence-electron chi connectivity index (χ3n) is 2.73. The SMILES string of the molecule is O=S(=O)(NC1CCOCC1)c1cc(Br)ccc1Cl. The van der Waals surface area contributed by atoms with Gasteiger partial charge in [0.1, 0.15) is 4.90 Å². The van der Waals surface area contributed by atoms with Gasteiger partial charge in [-0.3, -0.25) is 0 Å². The van der Waals surface area contributed by atoms with Gasteiger partial charge in [0.25, 0.3) is 0 Å². The van der Waals surface area contributed by atoms with Crippen molar-refractivity contribution >= 4 is 37.6 Å². The van der Waals surface area contributed by atoms with Gasteiger partial charge >= 0.3 is 0 Å². The lowest BCUT2D eigenvalue weighted by molar-refractivity contribution is 0.0832. The summed E-state index contributed by atoms with van der Waals surface area (Å²) in [5.41, 5.74) is 0. The summed E-state index contributed by atoms with van der Waals surface area (Å²) in [6, 6.07) is 4.68. The molecule has 1 N–H and O–H groups in total. The van der Waals surface area contributed by atoms with Gasteiger partial charge in [0, 0.05) is 23.7 Å². The maximum Gasteiger partial charge on any atom is 0.242 e. The van der Waals surface area contributed by atoms with Crippen LogP contribution in [0, 0.1) is 0 Å². The largest absolute Gasteiger partial charge is 0.381 e. The Kier molecular flexibility index (Phi) is 4.66. The average Bonchev–Trinajstić information content (AvgIpc) is 2.33. The highest BCUT2D eigenvalue weighted by atomic mass is 79.9. The maximum atomic E-state index is 12.2. The van der Waals surface area contributed by atoms with Gasteiger partial charge in [0.2, 0.25) is 10.0 Å². The van der Waals surface area contributed by atoms with Crippen molar-refractivity contribution < 1.29 is 13.2 Å². The van der Waals surface area contributed by atoms with Gasteiger partial charge in [-0.05, 0) is 31.0 Å². The summed E-state index contributed by atoms with van der Waals surface area (Å²) in [6.45, 7) is 1.17. The third kappa shape index (κ3) is 3.45. The molecule has 4 nitrogen and oxygen atoms in total. The predicted molar refractivity (Wildman–Crippen MR) is 73.3 cm³/mol. The molecule has 0 aliphatic carbocycles. The van der Waals surface area contributed by atoms with Crippen molar-refractivity contribution in [1.82, 2.24) is 4.72 Å². The predicted octanol–water partition coefficient (Wildman–Crippen LogP) is 2.56. The topological polar surface area (TPSA) is 55.4 Å². The molecule has 0 saturated carbocycles. The van der Waals surface area contributed by atoms with Crippen LogP contribution >= 0.6 is 27.5 Å². The Labute approximate surface area is 120 Å². The molecule has 1 aromatic carbocycles. The van der Waals surface area contributed by atoms with Gasteiger partial charge in [0.15, 0.2) is 0 Å². The minimum atomic E-state index is -3.58. The van der Waals surface area contributed by atoms with E-state index in [1.807, 2.05) is 0 Å². The van der Waals surface area contributed by atoms with E-state index in [2.05, 4.69) is 20.7 Å². The third-order valence-corrected chi connectivity index (χ3v) is 5.22. The number of rotatable bonds is 3. The van der Waals surface area contributed by atoms with E-state index in [0.717, 1.165) is 0 Å². The number of sulfonamides is 1. The van der Waals surface area contributed by atoms with Crippen molar-refractivity contribution in [3.8, 4) is 0 Å². The number of nitrogens with one attached hydrogen (secondary N) is 1. The van der Waals surface area contributed by atoms with Gasteiger partial charge in [-0.1, -0.05) is 27.5 Å². The number of hydrogen-bond donors (Lipinski definition) is 1. The molecule has 0 bridgehead atoms. The first-order chi connectivity index (χ1) is 8.49. The molecule has 1 aromatic rings. The molecule has 1 aliphatic heterocycles. The van der Waals surface area contributed by atoms with Crippen LogP contribution < -0.4 is 4.72 Å². The fourth-order valence-electron chi connectivity index (χ4n) is 1.78.